The van der Waals surface area contributed by atoms with E-state index in [1.165, 1.54) is 6.92 Å². The molecule has 0 spiro atoms. The molecule has 0 aromatic heterocycles. The number of carboxylic acids is 2. The molecule has 0 rings (SSSR count). The first-order chi connectivity index (χ1) is 14.3. The Kier molecular flexibility index (Phi) is 12.4. The third kappa shape index (κ3) is 10.8. The third-order valence-electron chi connectivity index (χ3n) is 4.91. The molecule has 0 radical (unpaired) electrons. The van der Waals surface area contributed by atoms with Crippen molar-refractivity contribution < 1.29 is 34.2 Å². The van der Waals surface area contributed by atoms with Crippen LogP contribution >= 0.6 is 0 Å². The molecule has 0 fully saturated rings. The molecule has 0 aromatic rings. The van der Waals surface area contributed by atoms with E-state index in [0.29, 0.717) is 6.42 Å². The molecule has 31 heavy (non-hydrogen) atoms. The second kappa shape index (κ2) is 13.6. The number of nitrogens with two attached hydrogens (primary N) is 1. The van der Waals surface area contributed by atoms with Crippen molar-refractivity contribution in [2.75, 3.05) is 0 Å². The maximum absolute atomic E-state index is 12.6. The molecule has 7 N–H and O–H groups in total. The smallest absolute Gasteiger partial charge is 0.326 e. The molecule has 0 aliphatic carbocycles. The number of nitrogens with one attached hydrogen (secondary N) is 3. The molecule has 3 amide bonds. The van der Waals surface area contributed by atoms with Crippen molar-refractivity contribution >= 4 is 29.7 Å². The van der Waals surface area contributed by atoms with Gasteiger partial charge in [0.05, 0.1) is 6.04 Å². The van der Waals surface area contributed by atoms with Crippen LogP contribution in [-0.4, -0.2) is 64.0 Å². The molecule has 0 heterocycles. The fourth-order valence-electron chi connectivity index (χ4n) is 2.69. The number of carboxylic acid groups (broad SMARTS) is 2. The fraction of sp³-hybridized carbons (Fsp3) is 0.750. The van der Waals surface area contributed by atoms with E-state index < -0.39 is 60.2 Å². The molecule has 0 aliphatic rings. The van der Waals surface area contributed by atoms with Crippen molar-refractivity contribution in [3.8, 4) is 0 Å². The summed E-state index contributed by atoms with van der Waals surface area (Å²) in [6.45, 7) is 8.67. The molecule has 0 aromatic carbocycles. The van der Waals surface area contributed by atoms with Gasteiger partial charge in [0, 0.05) is 6.42 Å². The molecule has 0 saturated carbocycles. The Morgan fingerprint density at radius 2 is 1.39 bits per heavy atom. The Labute approximate surface area is 182 Å². The molecule has 5 unspecified atom stereocenters. The SMILES string of the molecule is CCC(C)C(N)C(=O)NC(C)C(=O)NC(CCC(=O)O)C(=O)NC(CC(C)C)C(=O)O. The molecule has 178 valence electrons. The van der Waals surface area contributed by atoms with Crippen LogP contribution in [0.5, 0.6) is 0 Å². The summed E-state index contributed by atoms with van der Waals surface area (Å²) in [5.41, 5.74) is 5.84. The first kappa shape index (κ1) is 28.3. The zero-order valence-corrected chi connectivity index (χ0v) is 18.8. The molecule has 0 saturated heterocycles. The summed E-state index contributed by atoms with van der Waals surface area (Å²) in [4.78, 5) is 59.6. The van der Waals surface area contributed by atoms with Gasteiger partial charge in [-0.3, -0.25) is 19.2 Å². The van der Waals surface area contributed by atoms with Crippen molar-refractivity contribution in [2.45, 2.75) is 84.5 Å². The highest BCUT2D eigenvalue weighted by Gasteiger charge is 2.30. The predicted octanol–water partition coefficient (Wildman–Crippen LogP) is -0.170. The van der Waals surface area contributed by atoms with Crippen LogP contribution in [0.3, 0.4) is 0 Å². The molecule has 11 nitrogen and oxygen atoms in total. The van der Waals surface area contributed by atoms with E-state index in [1.807, 2.05) is 6.92 Å². The standard InChI is InChI=1S/C20H36N4O7/c1-6-11(4)16(21)19(29)22-12(5)17(27)23-13(7-8-15(25)26)18(28)24-14(20(30)31)9-10(2)3/h10-14,16H,6-9,21H2,1-5H3,(H,22,29)(H,23,27)(H,24,28)(H,25,26)(H,30,31). The lowest BCUT2D eigenvalue weighted by molar-refractivity contribution is -0.143. The van der Waals surface area contributed by atoms with Gasteiger partial charge in [0.1, 0.15) is 18.1 Å². The summed E-state index contributed by atoms with van der Waals surface area (Å²) < 4.78 is 0. The Morgan fingerprint density at radius 1 is 0.839 bits per heavy atom. The molecule has 0 bridgehead atoms. The molecule has 11 heteroatoms. The van der Waals surface area contributed by atoms with Gasteiger partial charge in [0.15, 0.2) is 0 Å². The number of aliphatic carboxylic acids is 2. The summed E-state index contributed by atoms with van der Waals surface area (Å²) in [5.74, 6) is -4.57. The average Bonchev–Trinajstić information content (AvgIpc) is 2.68. The van der Waals surface area contributed by atoms with Crippen LogP contribution in [0.2, 0.25) is 0 Å². The number of hydrogen-bond acceptors (Lipinski definition) is 6. The highest BCUT2D eigenvalue weighted by molar-refractivity contribution is 5.94. The molecular weight excluding hydrogens is 408 g/mol. The van der Waals surface area contributed by atoms with Gasteiger partial charge in [0.25, 0.3) is 0 Å². The number of rotatable bonds is 14. The van der Waals surface area contributed by atoms with E-state index in [-0.39, 0.29) is 24.7 Å². The van der Waals surface area contributed by atoms with E-state index in [4.69, 9.17) is 10.8 Å². The minimum absolute atomic E-state index is 0.0154. The van der Waals surface area contributed by atoms with Gasteiger partial charge in [-0.2, -0.15) is 0 Å². The second-order valence-corrected chi connectivity index (χ2v) is 8.16. The number of amides is 3. The Morgan fingerprint density at radius 3 is 1.84 bits per heavy atom. The van der Waals surface area contributed by atoms with Gasteiger partial charge in [-0.1, -0.05) is 34.1 Å². The van der Waals surface area contributed by atoms with Gasteiger partial charge in [-0.05, 0) is 31.6 Å². The van der Waals surface area contributed by atoms with Crippen molar-refractivity contribution in [3.05, 3.63) is 0 Å². The summed E-state index contributed by atoms with van der Waals surface area (Å²) >= 11 is 0. The number of carbonyl (C=O) groups is 5. The van der Waals surface area contributed by atoms with Gasteiger partial charge in [-0.25, -0.2) is 4.79 Å². The van der Waals surface area contributed by atoms with Crippen LogP contribution in [0.4, 0.5) is 0 Å². The lowest BCUT2D eigenvalue weighted by Crippen LogP contribution is -2.57. The molecule has 0 aliphatic heterocycles. The summed E-state index contributed by atoms with van der Waals surface area (Å²) in [5, 5.41) is 25.4. The summed E-state index contributed by atoms with van der Waals surface area (Å²) in [7, 11) is 0. The van der Waals surface area contributed by atoms with Gasteiger partial charge in [-0.15, -0.1) is 0 Å². The van der Waals surface area contributed by atoms with Crippen LogP contribution in [0.15, 0.2) is 0 Å². The van der Waals surface area contributed by atoms with E-state index in [1.54, 1.807) is 20.8 Å². The van der Waals surface area contributed by atoms with Gasteiger partial charge in [0.2, 0.25) is 17.7 Å². The largest absolute Gasteiger partial charge is 0.481 e. The quantitative estimate of drug-likeness (QED) is 0.213. The topological polar surface area (TPSA) is 188 Å². The Hall–Kier alpha value is -2.69. The van der Waals surface area contributed by atoms with Gasteiger partial charge >= 0.3 is 11.9 Å². The summed E-state index contributed by atoms with van der Waals surface area (Å²) in [6.07, 6.45) is 0.183. The Bertz CT molecular complexity index is 653. The number of carbonyl (C=O) groups excluding carboxylic acids is 3. The lowest BCUT2D eigenvalue weighted by Gasteiger charge is -2.24. The van der Waals surface area contributed by atoms with Crippen molar-refractivity contribution in [1.29, 1.82) is 0 Å². The normalized spacial score (nSPS) is 15.8. The van der Waals surface area contributed by atoms with E-state index >= 15 is 0 Å². The van der Waals surface area contributed by atoms with Crippen molar-refractivity contribution in [2.24, 2.45) is 17.6 Å². The fourth-order valence-corrected chi connectivity index (χ4v) is 2.69. The van der Waals surface area contributed by atoms with E-state index in [2.05, 4.69) is 16.0 Å². The minimum Gasteiger partial charge on any atom is -0.481 e. The second-order valence-electron chi connectivity index (χ2n) is 8.16. The third-order valence-corrected chi connectivity index (χ3v) is 4.91. The van der Waals surface area contributed by atoms with Crippen LogP contribution in [0.1, 0.15) is 60.3 Å². The van der Waals surface area contributed by atoms with Crippen molar-refractivity contribution in [3.63, 3.8) is 0 Å². The summed E-state index contributed by atoms with van der Waals surface area (Å²) in [6, 6.07) is -4.30. The van der Waals surface area contributed by atoms with Crippen LogP contribution < -0.4 is 21.7 Å². The van der Waals surface area contributed by atoms with Crippen molar-refractivity contribution in [1.82, 2.24) is 16.0 Å². The highest BCUT2D eigenvalue weighted by Crippen LogP contribution is 2.08. The van der Waals surface area contributed by atoms with Gasteiger partial charge < -0.3 is 31.9 Å². The van der Waals surface area contributed by atoms with Crippen LogP contribution in [0.25, 0.3) is 0 Å². The van der Waals surface area contributed by atoms with Crippen LogP contribution in [-0.2, 0) is 24.0 Å². The first-order valence-electron chi connectivity index (χ1n) is 10.4. The zero-order chi connectivity index (χ0) is 24.3. The van der Waals surface area contributed by atoms with E-state index in [9.17, 15) is 29.1 Å². The lowest BCUT2D eigenvalue weighted by atomic mass is 9.99. The maximum Gasteiger partial charge on any atom is 0.326 e. The predicted molar refractivity (Wildman–Crippen MR) is 113 cm³/mol. The number of hydrogen-bond donors (Lipinski definition) is 6. The maximum atomic E-state index is 12.6. The van der Waals surface area contributed by atoms with E-state index in [0.717, 1.165) is 0 Å². The molecule has 5 atom stereocenters. The first-order valence-corrected chi connectivity index (χ1v) is 10.4. The minimum atomic E-state index is -1.28. The monoisotopic (exact) mass is 444 g/mol. The Balaban J connectivity index is 5.21. The zero-order valence-electron chi connectivity index (χ0n) is 18.8. The molecular formula is C20H36N4O7. The van der Waals surface area contributed by atoms with Crippen LogP contribution in [0, 0.1) is 11.8 Å². The average molecular weight is 445 g/mol. The highest BCUT2D eigenvalue weighted by atomic mass is 16.4.